The SMILES string of the molecule is CCCNC(=O)[C@H](C)N(Cc1ccc(OC)cc1)C(=O)CN(c1ccc(OC)cc1)S(=O)(=O)c1ccc(C)cc1. The fourth-order valence-electron chi connectivity index (χ4n) is 4.02. The molecule has 0 aliphatic rings. The van der Waals surface area contributed by atoms with Crippen LogP contribution >= 0.6 is 0 Å². The van der Waals surface area contributed by atoms with E-state index in [1.54, 1.807) is 74.7 Å². The minimum atomic E-state index is -4.13. The number of sulfonamides is 1. The molecular formula is C30H37N3O6S. The summed E-state index contributed by atoms with van der Waals surface area (Å²) >= 11 is 0. The van der Waals surface area contributed by atoms with Gasteiger partial charge >= 0.3 is 0 Å². The molecule has 1 atom stereocenters. The van der Waals surface area contributed by atoms with Crippen molar-refractivity contribution in [1.29, 1.82) is 0 Å². The Balaban J connectivity index is 2.01. The largest absolute Gasteiger partial charge is 0.497 e. The second-order valence-corrected chi connectivity index (χ2v) is 11.2. The smallest absolute Gasteiger partial charge is 0.264 e. The van der Waals surface area contributed by atoms with Gasteiger partial charge in [-0.2, -0.15) is 0 Å². The maximum atomic E-state index is 13.9. The van der Waals surface area contributed by atoms with Crippen LogP contribution in [0, 0.1) is 6.92 Å². The molecule has 40 heavy (non-hydrogen) atoms. The Kier molecular flexibility index (Phi) is 10.6. The Hall–Kier alpha value is -4.05. The van der Waals surface area contributed by atoms with E-state index in [0.717, 1.165) is 21.9 Å². The molecule has 10 heteroatoms. The Morgan fingerprint density at radius 3 is 1.95 bits per heavy atom. The molecule has 214 valence electrons. The van der Waals surface area contributed by atoms with Crippen molar-refractivity contribution >= 4 is 27.5 Å². The number of benzene rings is 3. The molecule has 0 saturated carbocycles. The van der Waals surface area contributed by atoms with Crippen molar-refractivity contribution in [3.63, 3.8) is 0 Å². The molecule has 0 unspecified atom stereocenters. The lowest BCUT2D eigenvalue weighted by Gasteiger charge is -2.32. The van der Waals surface area contributed by atoms with Crippen LogP contribution in [0.15, 0.2) is 77.7 Å². The average Bonchev–Trinajstić information content (AvgIpc) is 2.97. The molecule has 0 spiro atoms. The third-order valence-corrected chi connectivity index (χ3v) is 8.26. The number of aryl methyl sites for hydroxylation is 1. The van der Waals surface area contributed by atoms with E-state index in [4.69, 9.17) is 9.47 Å². The van der Waals surface area contributed by atoms with Crippen LogP contribution in [0.4, 0.5) is 5.69 Å². The summed E-state index contributed by atoms with van der Waals surface area (Å²) in [5.74, 6) is 0.359. The van der Waals surface area contributed by atoms with Gasteiger partial charge in [0.05, 0.1) is 24.8 Å². The van der Waals surface area contributed by atoms with Crippen molar-refractivity contribution in [3.05, 3.63) is 83.9 Å². The minimum absolute atomic E-state index is 0.0529. The van der Waals surface area contributed by atoms with Crippen LogP contribution in [-0.2, 0) is 26.2 Å². The first-order chi connectivity index (χ1) is 19.1. The fourth-order valence-corrected chi connectivity index (χ4v) is 5.44. The van der Waals surface area contributed by atoms with Gasteiger partial charge in [0.25, 0.3) is 10.0 Å². The quantitative estimate of drug-likeness (QED) is 0.333. The zero-order chi connectivity index (χ0) is 29.3. The van der Waals surface area contributed by atoms with E-state index in [2.05, 4.69) is 5.32 Å². The van der Waals surface area contributed by atoms with E-state index in [-0.39, 0.29) is 17.3 Å². The molecule has 3 rings (SSSR count). The van der Waals surface area contributed by atoms with Gasteiger partial charge in [-0.15, -0.1) is 0 Å². The van der Waals surface area contributed by atoms with Crippen molar-refractivity contribution in [2.75, 3.05) is 31.6 Å². The Morgan fingerprint density at radius 1 is 0.875 bits per heavy atom. The Labute approximate surface area is 236 Å². The highest BCUT2D eigenvalue weighted by Crippen LogP contribution is 2.27. The van der Waals surface area contributed by atoms with Gasteiger partial charge in [0.1, 0.15) is 24.1 Å². The zero-order valence-electron chi connectivity index (χ0n) is 23.6. The lowest BCUT2D eigenvalue weighted by molar-refractivity contribution is -0.139. The van der Waals surface area contributed by atoms with E-state index in [1.807, 2.05) is 13.8 Å². The first-order valence-electron chi connectivity index (χ1n) is 13.0. The summed E-state index contributed by atoms with van der Waals surface area (Å²) in [4.78, 5) is 28.3. The van der Waals surface area contributed by atoms with Crippen LogP contribution in [-0.4, -0.2) is 58.5 Å². The van der Waals surface area contributed by atoms with Crippen LogP contribution in [0.5, 0.6) is 11.5 Å². The number of anilines is 1. The van der Waals surface area contributed by atoms with E-state index in [0.29, 0.717) is 23.7 Å². The third-order valence-electron chi connectivity index (χ3n) is 6.48. The van der Waals surface area contributed by atoms with Gasteiger partial charge in [-0.3, -0.25) is 13.9 Å². The average molecular weight is 568 g/mol. The van der Waals surface area contributed by atoms with Crippen molar-refractivity contribution < 1.29 is 27.5 Å². The summed E-state index contributed by atoms with van der Waals surface area (Å²) in [6.07, 6.45) is 0.741. The van der Waals surface area contributed by atoms with Crippen molar-refractivity contribution in [1.82, 2.24) is 10.2 Å². The molecule has 0 aromatic heterocycles. The highest BCUT2D eigenvalue weighted by Gasteiger charge is 2.32. The fraction of sp³-hybridized carbons (Fsp3) is 0.333. The summed E-state index contributed by atoms with van der Waals surface area (Å²) in [5, 5.41) is 2.83. The second kappa shape index (κ2) is 13.8. The summed E-state index contributed by atoms with van der Waals surface area (Å²) < 4.78 is 39.2. The number of nitrogens with one attached hydrogen (secondary N) is 1. The first kappa shape index (κ1) is 30.5. The van der Waals surface area contributed by atoms with Crippen LogP contribution in [0.25, 0.3) is 0 Å². The number of ether oxygens (including phenoxy) is 2. The standard InChI is InChI=1S/C30H37N3O6S/c1-6-19-31-30(35)23(3)32(20-24-9-13-26(38-4)14-10-24)29(34)21-33(25-11-15-27(39-5)16-12-25)40(36,37)28-17-7-22(2)8-18-28/h7-18,23H,6,19-21H2,1-5H3,(H,31,35)/t23-/m0/s1. The number of carbonyl (C=O) groups excluding carboxylic acids is 2. The van der Waals surface area contributed by atoms with Gasteiger partial charge in [0.2, 0.25) is 11.8 Å². The monoisotopic (exact) mass is 567 g/mol. The normalized spacial score (nSPS) is 11.8. The highest BCUT2D eigenvalue weighted by atomic mass is 32.2. The summed E-state index contributed by atoms with van der Waals surface area (Å²) in [7, 11) is -1.06. The van der Waals surface area contributed by atoms with Crippen molar-refractivity contribution in [2.45, 2.75) is 44.7 Å². The van der Waals surface area contributed by atoms with E-state index in [9.17, 15) is 18.0 Å². The van der Waals surface area contributed by atoms with Crippen molar-refractivity contribution in [2.24, 2.45) is 0 Å². The highest BCUT2D eigenvalue weighted by molar-refractivity contribution is 7.92. The predicted octanol–water partition coefficient (Wildman–Crippen LogP) is 4.15. The maximum absolute atomic E-state index is 13.9. The predicted molar refractivity (Wildman–Crippen MR) is 155 cm³/mol. The van der Waals surface area contributed by atoms with Gasteiger partial charge < -0.3 is 19.7 Å². The number of methoxy groups -OCH3 is 2. The van der Waals surface area contributed by atoms with Crippen LogP contribution < -0.4 is 19.1 Å². The molecule has 0 saturated heterocycles. The number of hydrogen-bond donors (Lipinski definition) is 1. The molecule has 0 radical (unpaired) electrons. The number of carbonyl (C=O) groups is 2. The van der Waals surface area contributed by atoms with E-state index in [1.165, 1.54) is 24.1 Å². The minimum Gasteiger partial charge on any atom is -0.497 e. The molecule has 0 aliphatic carbocycles. The van der Waals surface area contributed by atoms with E-state index < -0.39 is 28.5 Å². The van der Waals surface area contributed by atoms with Crippen LogP contribution in [0.2, 0.25) is 0 Å². The number of nitrogens with zero attached hydrogens (tertiary/aromatic N) is 2. The molecular weight excluding hydrogens is 530 g/mol. The molecule has 0 fully saturated rings. The first-order valence-corrected chi connectivity index (χ1v) is 14.5. The third kappa shape index (κ3) is 7.53. The van der Waals surface area contributed by atoms with Crippen LogP contribution in [0.1, 0.15) is 31.4 Å². The Morgan fingerprint density at radius 2 is 1.43 bits per heavy atom. The molecule has 9 nitrogen and oxygen atoms in total. The molecule has 3 aromatic rings. The second-order valence-electron chi connectivity index (χ2n) is 9.36. The number of rotatable bonds is 13. The van der Waals surface area contributed by atoms with Gasteiger partial charge in [-0.05, 0) is 74.4 Å². The topological polar surface area (TPSA) is 105 Å². The van der Waals surface area contributed by atoms with Crippen molar-refractivity contribution in [3.8, 4) is 11.5 Å². The Bertz CT molecular complexity index is 1370. The zero-order valence-corrected chi connectivity index (χ0v) is 24.4. The van der Waals surface area contributed by atoms with Gasteiger partial charge in [0, 0.05) is 13.1 Å². The molecule has 0 bridgehead atoms. The number of hydrogen-bond acceptors (Lipinski definition) is 6. The van der Waals surface area contributed by atoms with Gasteiger partial charge in [-0.25, -0.2) is 8.42 Å². The lowest BCUT2D eigenvalue weighted by Crippen LogP contribution is -2.51. The summed E-state index contributed by atoms with van der Waals surface area (Å²) in [6.45, 7) is 5.50. The summed E-state index contributed by atoms with van der Waals surface area (Å²) in [5.41, 5.74) is 1.97. The summed E-state index contributed by atoms with van der Waals surface area (Å²) in [6, 6.07) is 19.2. The van der Waals surface area contributed by atoms with Gasteiger partial charge in [0.15, 0.2) is 0 Å². The number of amides is 2. The molecule has 3 aromatic carbocycles. The van der Waals surface area contributed by atoms with Crippen LogP contribution in [0.3, 0.4) is 0 Å². The molecule has 0 heterocycles. The molecule has 2 amide bonds. The molecule has 0 aliphatic heterocycles. The molecule has 1 N–H and O–H groups in total. The lowest BCUT2D eigenvalue weighted by atomic mass is 10.1. The van der Waals surface area contributed by atoms with Gasteiger partial charge in [-0.1, -0.05) is 36.8 Å². The maximum Gasteiger partial charge on any atom is 0.264 e. The van der Waals surface area contributed by atoms with E-state index >= 15 is 0 Å².